The molecule has 2 heterocycles. The Labute approximate surface area is 138 Å². The number of thiazole rings is 1. The van der Waals surface area contributed by atoms with Crippen LogP contribution in [0.3, 0.4) is 0 Å². The topological polar surface area (TPSA) is 36.4 Å². The van der Waals surface area contributed by atoms with Gasteiger partial charge in [0.05, 0.1) is 6.10 Å². The van der Waals surface area contributed by atoms with Crippen LogP contribution in [0.1, 0.15) is 29.4 Å². The molecule has 1 N–H and O–H groups in total. The van der Waals surface area contributed by atoms with Crippen molar-refractivity contribution >= 4 is 22.9 Å². The zero-order valence-electron chi connectivity index (χ0n) is 12.1. The number of likely N-dealkylation sites (tertiary alicyclic amines) is 1. The van der Waals surface area contributed by atoms with Crippen LogP contribution in [0.2, 0.25) is 4.47 Å². The first-order valence-corrected chi connectivity index (χ1v) is 8.57. The molecule has 3 nitrogen and oxygen atoms in total. The summed E-state index contributed by atoms with van der Waals surface area (Å²) in [4.78, 5) is 7.59. The van der Waals surface area contributed by atoms with Crippen molar-refractivity contribution in [2.24, 2.45) is 5.92 Å². The number of piperidine rings is 1. The van der Waals surface area contributed by atoms with Gasteiger partial charge in [0.15, 0.2) is 4.47 Å². The van der Waals surface area contributed by atoms with Crippen molar-refractivity contribution in [3.63, 3.8) is 0 Å². The van der Waals surface area contributed by atoms with Gasteiger partial charge in [-0.1, -0.05) is 23.7 Å². The van der Waals surface area contributed by atoms with Gasteiger partial charge in [0.25, 0.3) is 0 Å². The minimum atomic E-state index is -0.513. The third kappa shape index (κ3) is 3.84. The lowest BCUT2D eigenvalue weighted by Gasteiger charge is -2.34. The SMILES string of the molecule is OC(c1ccc(F)cc1)C1CCN(Cc2cnc(Cl)s2)CC1. The largest absolute Gasteiger partial charge is 0.388 e. The lowest BCUT2D eigenvalue weighted by atomic mass is 9.87. The van der Waals surface area contributed by atoms with E-state index in [9.17, 15) is 9.50 Å². The Hall–Kier alpha value is -1.01. The van der Waals surface area contributed by atoms with Crippen molar-refractivity contribution < 1.29 is 9.50 Å². The van der Waals surface area contributed by atoms with E-state index in [4.69, 9.17) is 11.6 Å². The van der Waals surface area contributed by atoms with E-state index in [1.807, 2.05) is 6.20 Å². The monoisotopic (exact) mass is 340 g/mol. The molecule has 1 aromatic heterocycles. The molecule has 2 aromatic rings. The maximum absolute atomic E-state index is 13.0. The summed E-state index contributed by atoms with van der Waals surface area (Å²) in [5, 5.41) is 10.4. The predicted octanol–water partition coefficient (Wildman–Crippen LogP) is 3.88. The van der Waals surface area contributed by atoms with E-state index in [-0.39, 0.29) is 11.7 Å². The van der Waals surface area contributed by atoms with E-state index < -0.39 is 6.10 Å². The van der Waals surface area contributed by atoms with Crippen LogP contribution in [-0.2, 0) is 6.54 Å². The van der Waals surface area contributed by atoms with Crippen LogP contribution in [0.25, 0.3) is 0 Å². The van der Waals surface area contributed by atoms with Gasteiger partial charge >= 0.3 is 0 Å². The summed E-state index contributed by atoms with van der Waals surface area (Å²) in [5.41, 5.74) is 0.800. The fraction of sp³-hybridized carbons (Fsp3) is 0.438. The standard InChI is InChI=1S/C16H18ClFN2OS/c17-16-19-9-14(22-16)10-20-7-5-12(6-8-20)15(21)11-1-3-13(18)4-2-11/h1-4,9,12,15,21H,5-8,10H2. The van der Waals surface area contributed by atoms with Crippen molar-refractivity contribution in [3.05, 3.63) is 51.2 Å². The van der Waals surface area contributed by atoms with Gasteiger partial charge in [0.1, 0.15) is 5.82 Å². The Morgan fingerprint density at radius 1 is 1.32 bits per heavy atom. The second-order valence-electron chi connectivity index (χ2n) is 5.69. The van der Waals surface area contributed by atoms with Crippen molar-refractivity contribution in [1.29, 1.82) is 0 Å². The molecular weight excluding hydrogens is 323 g/mol. The molecule has 1 atom stereocenters. The quantitative estimate of drug-likeness (QED) is 0.917. The van der Waals surface area contributed by atoms with Gasteiger partial charge < -0.3 is 5.11 Å². The lowest BCUT2D eigenvalue weighted by Crippen LogP contribution is -2.35. The number of aliphatic hydroxyl groups is 1. The highest BCUT2D eigenvalue weighted by molar-refractivity contribution is 7.15. The van der Waals surface area contributed by atoms with Crippen molar-refractivity contribution in [2.45, 2.75) is 25.5 Å². The summed E-state index contributed by atoms with van der Waals surface area (Å²) in [5.74, 6) is -0.0410. The number of rotatable bonds is 4. The first-order valence-electron chi connectivity index (χ1n) is 7.38. The molecule has 0 radical (unpaired) electrons. The summed E-state index contributed by atoms with van der Waals surface area (Å²) in [6, 6.07) is 6.15. The molecule has 0 saturated carbocycles. The minimum absolute atomic E-state index is 0.228. The Kier molecular flexibility index (Phi) is 5.08. The summed E-state index contributed by atoms with van der Waals surface area (Å²) < 4.78 is 13.5. The van der Waals surface area contributed by atoms with Gasteiger partial charge in [-0.15, -0.1) is 11.3 Å². The van der Waals surface area contributed by atoms with Gasteiger partial charge in [-0.05, 0) is 49.5 Å². The molecule has 1 unspecified atom stereocenters. The third-order valence-electron chi connectivity index (χ3n) is 4.20. The molecule has 3 rings (SSSR count). The molecule has 0 spiro atoms. The summed E-state index contributed by atoms with van der Waals surface area (Å²) in [7, 11) is 0. The molecular formula is C16H18ClFN2OS. The molecule has 0 bridgehead atoms. The summed E-state index contributed by atoms with van der Waals surface area (Å²) in [6.45, 7) is 2.75. The van der Waals surface area contributed by atoms with E-state index in [0.29, 0.717) is 4.47 Å². The van der Waals surface area contributed by atoms with Crippen molar-refractivity contribution in [2.75, 3.05) is 13.1 Å². The third-order valence-corrected chi connectivity index (χ3v) is 5.29. The fourth-order valence-electron chi connectivity index (χ4n) is 2.94. The smallest absolute Gasteiger partial charge is 0.183 e. The summed E-state index contributed by atoms with van der Waals surface area (Å²) >= 11 is 7.37. The van der Waals surface area contributed by atoms with Gasteiger partial charge in [-0.3, -0.25) is 4.90 Å². The number of halogens is 2. The highest BCUT2D eigenvalue weighted by atomic mass is 35.5. The number of nitrogens with zero attached hydrogens (tertiary/aromatic N) is 2. The van der Waals surface area contributed by atoms with Crippen LogP contribution < -0.4 is 0 Å². The average molecular weight is 341 g/mol. The molecule has 22 heavy (non-hydrogen) atoms. The van der Waals surface area contributed by atoms with E-state index in [1.54, 1.807) is 12.1 Å². The van der Waals surface area contributed by atoms with Crippen LogP contribution in [0, 0.1) is 11.7 Å². The van der Waals surface area contributed by atoms with Crippen molar-refractivity contribution in [3.8, 4) is 0 Å². The zero-order chi connectivity index (χ0) is 15.5. The first-order chi connectivity index (χ1) is 10.6. The van der Waals surface area contributed by atoms with E-state index in [0.717, 1.165) is 38.0 Å². The number of aliphatic hydroxyl groups excluding tert-OH is 1. The van der Waals surface area contributed by atoms with Crippen LogP contribution in [0.4, 0.5) is 4.39 Å². The number of aromatic nitrogens is 1. The Balaban J connectivity index is 1.53. The molecule has 1 saturated heterocycles. The van der Waals surface area contributed by atoms with Crippen LogP contribution in [0.15, 0.2) is 30.5 Å². The molecule has 0 amide bonds. The predicted molar refractivity (Wildman–Crippen MR) is 86.5 cm³/mol. The zero-order valence-corrected chi connectivity index (χ0v) is 13.7. The Morgan fingerprint density at radius 2 is 2.00 bits per heavy atom. The van der Waals surface area contributed by atoms with Crippen LogP contribution in [0.5, 0.6) is 0 Å². The van der Waals surface area contributed by atoms with Gasteiger partial charge in [0, 0.05) is 17.6 Å². The van der Waals surface area contributed by atoms with E-state index in [1.165, 1.54) is 28.3 Å². The maximum atomic E-state index is 13.0. The minimum Gasteiger partial charge on any atom is -0.388 e. The van der Waals surface area contributed by atoms with E-state index >= 15 is 0 Å². The molecule has 6 heteroatoms. The molecule has 1 aromatic carbocycles. The highest BCUT2D eigenvalue weighted by Gasteiger charge is 2.26. The van der Waals surface area contributed by atoms with Crippen LogP contribution >= 0.6 is 22.9 Å². The fourth-order valence-corrected chi connectivity index (χ4v) is 3.96. The Morgan fingerprint density at radius 3 is 2.59 bits per heavy atom. The first kappa shape index (κ1) is 15.9. The number of hydrogen-bond donors (Lipinski definition) is 1. The van der Waals surface area contributed by atoms with Gasteiger partial charge in [0.2, 0.25) is 0 Å². The molecule has 0 aliphatic carbocycles. The van der Waals surface area contributed by atoms with Gasteiger partial charge in [-0.25, -0.2) is 9.37 Å². The highest BCUT2D eigenvalue weighted by Crippen LogP contribution is 2.31. The molecule has 1 aliphatic heterocycles. The molecule has 118 valence electrons. The second-order valence-corrected chi connectivity index (χ2v) is 7.39. The number of hydrogen-bond acceptors (Lipinski definition) is 4. The number of benzene rings is 1. The molecule has 1 fully saturated rings. The average Bonchev–Trinajstić information content (AvgIpc) is 2.93. The second kappa shape index (κ2) is 7.04. The van der Waals surface area contributed by atoms with Gasteiger partial charge in [-0.2, -0.15) is 0 Å². The Bertz CT molecular complexity index is 611. The van der Waals surface area contributed by atoms with Crippen molar-refractivity contribution in [1.82, 2.24) is 9.88 Å². The summed E-state index contributed by atoms with van der Waals surface area (Å²) in [6.07, 6.45) is 3.18. The maximum Gasteiger partial charge on any atom is 0.183 e. The normalized spacial score (nSPS) is 18.5. The van der Waals surface area contributed by atoms with E-state index in [2.05, 4.69) is 9.88 Å². The van der Waals surface area contributed by atoms with Crippen LogP contribution in [-0.4, -0.2) is 28.1 Å². The molecule has 1 aliphatic rings. The lowest BCUT2D eigenvalue weighted by molar-refractivity contribution is 0.0570.